The Hall–Kier alpha value is -3.16. The topological polar surface area (TPSA) is 119 Å². The normalized spacial score (nSPS) is 13.8. The van der Waals surface area contributed by atoms with Crippen LogP contribution in [0.4, 0.5) is 5.69 Å². The van der Waals surface area contributed by atoms with Crippen LogP contribution in [0.1, 0.15) is 66.1 Å². The van der Waals surface area contributed by atoms with Gasteiger partial charge in [0.25, 0.3) is 11.8 Å². The average Bonchev–Trinajstić information content (AvgIpc) is 3.36. The van der Waals surface area contributed by atoms with Gasteiger partial charge in [0.05, 0.1) is 12.1 Å². The molecule has 0 unspecified atom stereocenters. The van der Waals surface area contributed by atoms with Crippen molar-refractivity contribution in [1.82, 2.24) is 15.1 Å². The molecule has 8 nitrogen and oxygen atoms in total. The molecule has 0 spiro atoms. The van der Waals surface area contributed by atoms with Crippen LogP contribution in [0.5, 0.6) is 0 Å². The standard InChI is InChI=1S/C20H25N5O3/c1-20(2,3)25-16(12-7-8-12)10-15(24-25)19(28)23-14-6-4-5-13(9-14)18(27)22-11-17(21)26/h4-6,9-10,12H,7-8,11H2,1-3H3,(H2,21,26)(H,22,27)(H,23,28). The lowest BCUT2D eigenvalue weighted by molar-refractivity contribution is -0.117. The van der Waals surface area contributed by atoms with Crippen LogP contribution in [-0.2, 0) is 10.3 Å². The summed E-state index contributed by atoms with van der Waals surface area (Å²) in [5, 5.41) is 9.72. The number of primary amides is 1. The fourth-order valence-corrected chi connectivity index (χ4v) is 2.92. The first-order chi connectivity index (χ1) is 13.1. The number of nitrogens with one attached hydrogen (secondary N) is 2. The Labute approximate surface area is 163 Å². The molecule has 4 N–H and O–H groups in total. The molecule has 1 heterocycles. The molecule has 0 aliphatic heterocycles. The SMILES string of the molecule is CC(C)(C)n1nc(C(=O)Nc2cccc(C(=O)NCC(N)=O)c2)cc1C1CC1. The number of carbonyl (C=O) groups excluding carboxylic acids is 3. The second-order valence-electron chi connectivity index (χ2n) is 8.00. The molecule has 1 aromatic carbocycles. The summed E-state index contributed by atoms with van der Waals surface area (Å²) in [5.41, 5.74) is 7.03. The van der Waals surface area contributed by atoms with Gasteiger partial charge in [-0.25, -0.2) is 0 Å². The van der Waals surface area contributed by atoms with Gasteiger partial charge in [-0.2, -0.15) is 5.10 Å². The van der Waals surface area contributed by atoms with Crippen molar-refractivity contribution in [2.45, 2.75) is 45.1 Å². The third-order valence-corrected chi connectivity index (χ3v) is 4.41. The van der Waals surface area contributed by atoms with E-state index in [0.717, 1.165) is 18.5 Å². The maximum absolute atomic E-state index is 12.7. The summed E-state index contributed by atoms with van der Waals surface area (Å²) >= 11 is 0. The number of nitrogens with two attached hydrogens (primary N) is 1. The number of hydrogen-bond donors (Lipinski definition) is 3. The van der Waals surface area contributed by atoms with Gasteiger partial charge >= 0.3 is 0 Å². The molecular weight excluding hydrogens is 358 g/mol. The lowest BCUT2D eigenvalue weighted by Crippen LogP contribution is -2.33. The molecule has 1 aliphatic rings. The predicted octanol–water partition coefficient (Wildman–Crippen LogP) is 1.98. The van der Waals surface area contributed by atoms with E-state index in [1.165, 1.54) is 6.07 Å². The number of amides is 3. The van der Waals surface area contributed by atoms with Gasteiger partial charge in [-0.05, 0) is 57.9 Å². The molecule has 1 aromatic heterocycles. The van der Waals surface area contributed by atoms with Crippen LogP contribution in [0.15, 0.2) is 30.3 Å². The molecule has 1 saturated carbocycles. The van der Waals surface area contributed by atoms with E-state index in [-0.39, 0.29) is 18.0 Å². The summed E-state index contributed by atoms with van der Waals surface area (Å²) in [6.07, 6.45) is 2.23. The maximum atomic E-state index is 12.7. The van der Waals surface area contributed by atoms with Crippen LogP contribution in [0.2, 0.25) is 0 Å². The van der Waals surface area contributed by atoms with E-state index in [2.05, 4.69) is 36.5 Å². The first-order valence-electron chi connectivity index (χ1n) is 9.23. The van der Waals surface area contributed by atoms with Crippen molar-refractivity contribution in [3.63, 3.8) is 0 Å². The minimum Gasteiger partial charge on any atom is -0.368 e. The van der Waals surface area contributed by atoms with Crippen LogP contribution in [0.3, 0.4) is 0 Å². The third kappa shape index (κ3) is 4.57. The number of rotatable bonds is 6. The van der Waals surface area contributed by atoms with Crippen molar-refractivity contribution in [3.05, 3.63) is 47.3 Å². The number of nitrogens with zero attached hydrogens (tertiary/aromatic N) is 2. The quantitative estimate of drug-likeness (QED) is 0.706. The monoisotopic (exact) mass is 383 g/mol. The highest BCUT2D eigenvalue weighted by molar-refractivity contribution is 6.04. The zero-order valence-electron chi connectivity index (χ0n) is 16.3. The fourth-order valence-electron chi connectivity index (χ4n) is 2.92. The van der Waals surface area contributed by atoms with E-state index in [9.17, 15) is 14.4 Å². The maximum Gasteiger partial charge on any atom is 0.276 e. The smallest absolute Gasteiger partial charge is 0.276 e. The Morgan fingerprint density at radius 3 is 2.50 bits per heavy atom. The molecule has 1 aliphatic carbocycles. The summed E-state index contributed by atoms with van der Waals surface area (Å²) in [6.45, 7) is 5.93. The van der Waals surface area contributed by atoms with Crippen molar-refractivity contribution in [1.29, 1.82) is 0 Å². The second-order valence-corrected chi connectivity index (χ2v) is 8.00. The molecule has 0 radical (unpaired) electrons. The number of carbonyl (C=O) groups is 3. The van der Waals surface area contributed by atoms with Crippen molar-refractivity contribution in [3.8, 4) is 0 Å². The average molecular weight is 383 g/mol. The van der Waals surface area contributed by atoms with Crippen molar-refractivity contribution >= 4 is 23.4 Å². The van der Waals surface area contributed by atoms with E-state index < -0.39 is 11.8 Å². The summed E-state index contributed by atoms with van der Waals surface area (Å²) in [7, 11) is 0. The van der Waals surface area contributed by atoms with E-state index in [4.69, 9.17) is 5.73 Å². The van der Waals surface area contributed by atoms with Crippen molar-refractivity contribution in [2.24, 2.45) is 5.73 Å². The number of benzene rings is 1. The van der Waals surface area contributed by atoms with Crippen molar-refractivity contribution in [2.75, 3.05) is 11.9 Å². The second kappa shape index (κ2) is 7.46. The molecule has 1 fully saturated rings. The number of hydrogen-bond acceptors (Lipinski definition) is 4. The molecule has 2 aromatic rings. The van der Waals surface area contributed by atoms with Gasteiger partial charge in [0.1, 0.15) is 0 Å². The molecule has 8 heteroatoms. The molecule has 0 saturated heterocycles. The van der Waals surface area contributed by atoms with E-state index >= 15 is 0 Å². The van der Waals surface area contributed by atoms with E-state index in [0.29, 0.717) is 22.9 Å². The number of anilines is 1. The van der Waals surface area contributed by atoms with Gasteiger partial charge in [-0.1, -0.05) is 6.07 Å². The molecule has 3 amide bonds. The Balaban J connectivity index is 1.76. The highest BCUT2D eigenvalue weighted by Crippen LogP contribution is 2.41. The van der Waals surface area contributed by atoms with Crippen LogP contribution in [0.25, 0.3) is 0 Å². The third-order valence-electron chi connectivity index (χ3n) is 4.41. The van der Waals surface area contributed by atoms with Gasteiger partial charge in [-0.15, -0.1) is 0 Å². The van der Waals surface area contributed by atoms with Gasteiger partial charge in [0.15, 0.2) is 5.69 Å². The largest absolute Gasteiger partial charge is 0.368 e. The Bertz CT molecular complexity index is 922. The van der Waals surface area contributed by atoms with Gasteiger partial charge < -0.3 is 16.4 Å². The molecule has 28 heavy (non-hydrogen) atoms. The molecule has 3 rings (SSSR count). The van der Waals surface area contributed by atoms with Crippen LogP contribution in [-0.4, -0.2) is 34.0 Å². The zero-order chi connectivity index (χ0) is 20.5. The van der Waals surface area contributed by atoms with Gasteiger partial charge in [0, 0.05) is 22.9 Å². The Kier molecular flexibility index (Phi) is 5.22. The van der Waals surface area contributed by atoms with Gasteiger partial charge in [0.2, 0.25) is 5.91 Å². The van der Waals surface area contributed by atoms with Crippen LogP contribution in [0, 0.1) is 0 Å². The summed E-state index contributed by atoms with van der Waals surface area (Å²) in [6, 6.07) is 8.31. The first kappa shape index (κ1) is 19.6. The molecular formula is C20H25N5O3. The lowest BCUT2D eigenvalue weighted by Gasteiger charge is -2.22. The Morgan fingerprint density at radius 1 is 1.18 bits per heavy atom. The van der Waals surface area contributed by atoms with E-state index in [1.807, 2.05) is 10.7 Å². The van der Waals surface area contributed by atoms with E-state index in [1.54, 1.807) is 18.2 Å². The summed E-state index contributed by atoms with van der Waals surface area (Å²) in [5.74, 6) is -0.938. The summed E-state index contributed by atoms with van der Waals surface area (Å²) < 4.78 is 1.92. The van der Waals surface area contributed by atoms with Crippen LogP contribution >= 0.6 is 0 Å². The minimum absolute atomic E-state index is 0.213. The summed E-state index contributed by atoms with van der Waals surface area (Å²) in [4.78, 5) is 35.5. The number of aromatic nitrogens is 2. The molecule has 0 bridgehead atoms. The first-order valence-corrected chi connectivity index (χ1v) is 9.23. The van der Waals surface area contributed by atoms with Crippen LogP contribution < -0.4 is 16.4 Å². The molecule has 0 atom stereocenters. The fraction of sp³-hybridized carbons (Fsp3) is 0.400. The van der Waals surface area contributed by atoms with Crippen molar-refractivity contribution < 1.29 is 14.4 Å². The molecule has 148 valence electrons. The zero-order valence-corrected chi connectivity index (χ0v) is 16.3. The minimum atomic E-state index is -0.626. The highest BCUT2D eigenvalue weighted by Gasteiger charge is 2.32. The predicted molar refractivity (Wildman–Crippen MR) is 105 cm³/mol. The van der Waals surface area contributed by atoms with Gasteiger partial charge in [-0.3, -0.25) is 19.1 Å². The Morgan fingerprint density at radius 2 is 1.89 bits per heavy atom. The lowest BCUT2D eigenvalue weighted by atomic mass is 10.1. The highest BCUT2D eigenvalue weighted by atomic mass is 16.2.